The molecular formula is C14H21NO4S. The first-order chi connectivity index (χ1) is 9.34. The van der Waals surface area contributed by atoms with Gasteiger partial charge in [-0.3, -0.25) is 9.59 Å². The van der Waals surface area contributed by atoms with Gasteiger partial charge in [-0.05, 0) is 18.3 Å². The molecule has 6 heteroatoms. The van der Waals surface area contributed by atoms with Gasteiger partial charge in [0.1, 0.15) is 5.75 Å². The number of nitrogens with one attached hydrogen (secondary N) is 1. The largest absolute Gasteiger partial charge is 0.496 e. The lowest BCUT2D eigenvalue weighted by Crippen LogP contribution is -2.27. The zero-order chi connectivity index (χ0) is 15.2. The molecule has 0 radical (unpaired) electrons. The van der Waals surface area contributed by atoms with E-state index in [1.807, 2.05) is 13.8 Å². The fraction of sp³-hybridized carbons (Fsp3) is 0.571. The highest BCUT2D eigenvalue weighted by Crippen LogP contribution is 2.26. The van der Waals surface area contributed by atoms with Gasteiger partial charge in [-0.1, -0.05) is 13.8 Å². The first kappa shape index (κ1) is 16.5. The number of aliphatic carboxylic acids is 1. The van der Waals surface area contributed by atoms with E-state index in [4.69, 9.17) is 9.84 Å². The minimum absolute atomic E-state index is 0.0984. The topological polar surface area (TPSA) is 75.6 Å². The van der Waals surface area contributed by atoms with E-state index >= 15 is 0 Å². The Bertz CT molecular complexity index is 467. The van der Waals surface area contributed by atoms with Crippen molar-refractivity contribution in [2.45, 2.75) is 33.1 Å². The normalized spacial score (nSPS) is 11.2. The molecule has 0 aliphatic heterocycles. The molecule has 0 fully saturated rings. The molecular weight excluding hydrogens is 278 g/mol. The maximum atomic E-state index is 11.9. The molecule has 1 rings (SSSR count). The molecule has 1 aromatic heterocycles. The van der Waals surface area contributed by atoms with Crippen molar-refractivity contribution in [2.75, 3.05) is 13.7 Å². The number of carboxylic acids is 1. The Balaban J connectivity index is 2.35. The standard InChI is InChI=1S/C14H21NO4S/c1-14(2,5-4-12(16)17)6-7-15-13(18)11-8-10(19-3)9-20-11/h8-9H,4-7H2,1-3H3,(H,15,18)(H,16,17). The molecule has 20 heavy (non-hydrogen) atoms. The van der Waals surface area contributed by atoms with Crippen molar-refractivity contribution >= 4 is 23.2 Å². The van der Waals surface area contributed by atoms with Gasteiger partial charge in [0.15, 0.2) is 0 Å². The Morgan fingerprint density at radius 3 is 2.65 bits per heavy atom. The summed E-state index contributed by atoms with van der Waals surface area (Å²) in [5.74, 6) is -0.220. The van der Waals surface area contributed by atoms with Gasteiger partial charge in [0.05, 0.1) is 12.0 Å². The van der Waals surface area contributed by atoms with Gasteiger partial charge in [0.2, 0.25) is 0 Å². The molecule has 1 amide bonds. The molecule has 0 unspecified atom stereocenters. The van der Waals surface area contributed by atoms with Crippen molar-refractivity contribution in [2.24, 2.45) is 5.41 Å². The molecule has 2 N–H and O–H groups in total. The summed E-state index contributed by atoms with van der Waals surface area (Å²) >= 11 is 1.34. The van der Waals surface area contributed by atoms with Gasteiger partial charge in [-0.15, -0.1) is 11.3 Å². The van der Waals surface area contributed by atoms with Crippen molar-refractivity contribution in [3.63, 3.8) is 0 Å². The maximum Gasteiger partial charge on any atom is 0.303 e. The van der Waals surface area contributed by atoms with Crippen LogP contribution in [-0.2, 0) is 4.79 Å². The second-order valence-corrected chi connectivity index (χ2v) is 6.33. The van der Waals surface area contributed by atoms with Crippen molar-refractivity contribution in [1.29, 1.82) is 0 Å². The van der Waals surface area contributed by atoms with Crippen LogP contribution in [0.25, 0.3) is 0 Å². The molecule has 1 aromatic rings. The van der Waals surface area contributed by atoms with Crippen LogP contribution in [0.1, 0.15) is 42.8 Å². The second kappa shape index (κ2) is 7.28. The van der Waals surface area contributed by atoms with E-state index in [-0.39, 0.29) is 17.7 Å². The van der Waals surface area contributed by atoms with Gasteiger partial charge < -0.3 is 15.2 Å². The molecule has 0 saturated heterocycles. The summed E-state index contributed by atoms with van der Waals surface area (Å²) in [6.45, 7) is 4.55. The molecule has 1 heterocycles. The van der Waals surface area contributed by atoms with E-state index in [2.05, 4.69) is 5.32 Å². The van der Waals surface area contributed by atoms with Gasteiger partial charge in [0, 0.05) is 24.4 Å². The molecule has 0 bridgehead atoms. The molecule has 0 saturated carbocycles. The van der Waals surface area contributed by atoms with Crippen LogP contribution in [0.3, 0.4) is 0 Å². The van der Waals surface area contributed by atoms with Crippen molar-refractivity contribution in [1.82, 2.24) is 5.32 Å². The number of hydrogen-bond donors (Lipinski definition) is 2. The first-order valence-corrected chi connectivity index (χ1v) is 7.34. The molecule has 0 atom stereocenters. The molecule has 0 spiro atoms. The van der Waals surface area contributed by atoms with E-state index in [1.165, 1.54) is 11.3 Å². The summed E-state index contributed by atoms with van der Waals surface area (Å²) in [6, 6.07) is 1.70. The average Bonchev–Trinajstić information content (AvgIpc) is 2.85. The minimum Gasteiger partial charge on any atom is -0.496 e. The van der Waals surface area contributed by atoms with Crippen LogP contribution in [-0.4, -0.2) is 30.6 Å². The number of amides is 1. The number of rotatable bonds is 8. The average molecular weight is 299 g/mol. The van der Waals surface area contributed by atoms with Crippen LogP contribution in [0.5, 0.6) is 5.75 Å². The van der Waals surface area contributed by atoms with Gasteiger partial charge in [-0.2, -0.15) is 0 Å². The fourth-order valence-electron chi connectivity index (χ4n) is 1.72. The van der Waals surface area contributed by atoms with Crippen LogP contribution in [0, 0.1) is 5.41 Å². The summed E-state index contributed by atoms with van der Waals surface area (Å²) in [7, 11) is 1.56. The third-order valence-corrected chi connectivity index (χ3v) is 4.05. The van der Waals surface area contributed by atoms with E-state index in [0.717, 1.165) is 6.42 Å². The SMILES string of the molecule is COc1csc(C(=O)NCCC(C)(C)CCC(=O)O)c1. The Morgan fingerprint density at radius 1 is 1.40 bits per heavy atom. The minimum atomic E-state index is -0.784. The summed E-state index contributed by atoms with van der Waals surface area (Å²) in [4.78, 5) is 23.1. The zero-order valence-electron chi connectivity index (χ0n) is 12.1. The highest BCUT2D eigenvalue weighted by Gasteiger charge is 2.19. The van der Waals surface area contributed by atoms with Crippen LogP contribution in [0.2, 0.25) is 0 Å². The van der Waals surface area contributed by atoms with E-state index in [1.54, 1.807) is 18.6 Å². The van der Waals surface area contributed by atoms with Crippen LogP contribution in [0.15, 0.2) is 11.4 Å². The van der Waals surface area contributed by atoms with E-state index < -0.39 is 5.97 Å². The Kier molecular flexibility index (Phi) is 6.01. The second-order valence-electron chi connectivity index (χ2n) is 5.41. The van der Waals surface area contributed by atoms with E-state index in [0.29, 0.717) is 23.6 Å². The maximum absolute atomic E-state index is 11.9. The Hall–Kier alpha value is -1.56. The number of ether oxygens (including phenoxy) is 1. The Morgan fingerprint density at radius 2 is 2.10 bits per heavy atom. The van der Waals surface area contributed by atoms with Crippen LogP contribution >= 0.6 is 11.3 Å². The number of methoxy groups -OCH3 is 1. The summed E-state index contributed by atoms with van der Waals surface area (Å²) in [6.07, 6.45) is 1.50. The molecule has 0 aliphatic rings. The predicted molar refractivity (Wildman–Crippen MR) is 78.5 cm³/mol. The third-order valence-electron chi connectivity index (χ3n) is 3.14. The summed E-state index contributed by atoms with van der Waals surface area (Å²) in [5, 5.41) is 13.3. The Labute approximate surface area is 123 Å². The quantitative estimate of drug-likeness (QED) is 0.774. The highest BCUT2D eigenvalue weighted by atomic mass is 32.1. The summed E-state index contributed by atoms with van der Waals surface area (Å²) in [5.41, 5.74) is -0.0984. The number of carbonyl (C=O) groups excluding carboxylic acids is 1. The molecule has 112 valence electrons. The summed E-state index contributed by atoms with van der Waals surface area (Å²) < 4.78 is 5.03. The molecule has 0 aliphatic carbocycles. The van der Waals surface area contributed by atoms with Gasteiger partial charge >= 0.3 is 5.97 Å². The number of hydrogen-bond acceptors (Lipinski definition) is 4. The lowest BCUT2D eigenvalue weighted by molar-refractivity contribution is -0.137. The number of carboxylic acid groups (broad SMARTS) is 1. The first-order valence-electron chi connectivity index (χ1n) is 6.46. The third kappa shape index (κ3) is 5.61. The van der Waals surface area contributed by atoms with E-state index in [9.17, 15) is 9.59 Å². The van der Waals surface area contributed by atoms with Gasteiger partial charge in [0.25, 0.3) is 5.91 Å². The monoisotopic (exact) mass is 299 g/mol. The smallest absolute Gasteiger partial charge is 0.303 e. The van der Waals surface area contributed by atoms with Crippen LogP contribution in [0.4, 0.5) is 0 Å². The van der Waals surface area contributed by atoms with Crippen molar-refractivity contribution < 1.29 is 19.4 Å². The zero-order valence-corrected chi connectivity index (χ0v) is 12.9. The van der Waals surface area contributed by atoms with Crippen LogP contribution < -0.4 is 10.1 Å². The lowest BCUT2D eigenvalue weighted by Gasteiger charge is -2.23. The molecule has 0 aromatic carbocycles. The van der Waals surface area contributed by atoms with Gasteiger partial charge in [-0.25, -0.2) is 0 Å². The predicted octanol–water partition coefficient (Wildman–Crippen LogP) is 2.77. The fourth-order valence-corrected chi connectivity index (χ4v) is 2.49. The highest BCUT2D eigenvalue weighted by molar-refractivity contribution is 7.12. The molecule has 5 nitrogen and oxygen atoms in total. The number of thiophene rings is 1. The number of carbonyl (C=O) groups is 2. The van der Waals surface area contributed by atoms with Crippen molar-refractivity contribution in [3.8, 4) is 5.75 Å². The van der Waals surface area contributed by atoms with Crippen molar-refractivity contribution in [3.05, 3.63) is 16.3 Å². The lowest BCUT2D eigenvalue weighted by atomic mass is 9.84.